The van der Waals surface area contributed by atoms with E-state index in [9.17, 15) is 0 Å². The lowest BCUT2D eigenvalue weighted by Crippen LogP contribution is -2.27. The fourth-order valence-corrected chi connectivity index (χ4v) is 2.97. The van der Waals surface area contributed by atoms with E-state index in [1.807, 2.05) is 48.5 Å². The first kappa shape index (κ1) is 17.6. The first-order chi connectivity index (χ1) is 13.3. The summed E-state index contributed by atoms with van der Waals surface area (Å²) in [6, 6.07) is 15.9. The number of aromatic nitrogens is 2. The minimum atomic E-state index is -0.448. The molecule has 0 bridgehead atoms. The highest BCUT2D eigenvalue weighted by Gasteiger charge is 2.35. The van der Waals surface area contributed by atoms with Gasteiger partial charge in [-0.2, -0.15) is 0 Å². The summed E-state index contributed by atoms with van der Waals surface area (Å²) in [6.45, 7) is 2.82. The molecule has 27 heavy (non-hydrogen) atoms. The maximum atomic E-state index is 6.02. The lowest BCUT2D eigenvalue weighted by atomic mass is 10.0. The van der Waals surface area contributed by atoms with Crippen LogP contribution >= 0.6 is 0 Å². The highest BCUT2D eigenvalue weighted by atomic mass is 16.9. The quantitative estimate of drug-likeness (QED) is 0.550. The zero-order valence-electron chi connectivity index (χ0n) is 15.2. The van der Waals surface area contributed by atoms with Crippen molar-refractivity contribution in [3.63, 3.8) is 0 Å². The van der Waals surface area contributed by atoms with Crippen LogP contribution in [0.1, 0.15) is 43.5 Å². The van der Waals surface area contributed by atoms with Crippen molar-refractivity contribution in [2.45, 2.75) is 32.3 Å². The Morgan fingerprint density at radius 1 is 0.926 bits per heavy atom. The van der Waals surface area contributed by atoms with E-state index in [2.05, 4.69) is 16.9 Å². The highest BCUT2D eigenvalue weighted by Crippen LogP contribution is 2.45. The molecule has 5 heteroatoms. The molecule has 1 aromatic heterocycles. The van der Waals surface area contributed by atoms with Gasteiger partial charge in [0.1, 0.15) is 12.1 Å². The minimum absolute atomic E-state index is 0.344. The molecular formula is C22H22N2O3. The average Bonchev–Trinajstić information content (AvgIpc) is 2.69. The van der Waals surface area contributed by atoms with Crippen LogP contribution in [-0.4, -0.2) is 16.6 Å². The Kier molecular flexibility index (Phi) is 5.42. The van der Waals surface area contributed by atoms with Crippen LogP contribution in [0.25, 0.3) is 11.1 Å². The van der Waals surface area contributed by atoms with Gasteiger partial charge in [0.15, 0.2) is 12.6 Å². The second kappa shape index (κ2) is 8.29. The van der Waals surface area contributed by atoms with Crippen LogP contribution in [0.2, 0.25) is 0 Å². The molecule has 2 aromatic carbocycles. The van der Waals surface area contributed by atoms with Gasteiger partial charge in [-0.1, -0.05) is 49.7 Å². The van der Waals surface area contributed by atoms with E-state index >= 15 is 0 Å². The Morgan fingerprint density at radius 3 is 2.44 bits per heavy atom. The van der Waals surface area contributed by atoms with Crippen LogP contribution in [0, 0.1) is 0 Å². The Morgan fingerprint density at radius 2 is 1.70 bits per heavy atom. The van der Waals surface area contributed by atoms with Gasteiger partial charge in [-0.3, -0.25) is 0 Å². The summed E-state index contributed by atoms with van der Waals surface area (Å²) in [5.41, 5.74) is 3.84. The van der Waals surface area contributed by atoms with Gasteiger partial charge in [0.05, 0.1) is 12.2 Å². The van der Waals surface area contributed by atoms with Gasteiger partial charge < -0.3 is 14.2 Å². The molecular weight excluding hydrogens is 340 g/mol. The molecule has 1 aliphatic rings. The van der Waals surface area contributed by atoms with Crippen LogP contribution in [0.3, 0.4) is 0 Å². The molecule has 0 radical (unpaired) electrons. The number of rotatable bonds is 7. The van der Waals surface area contributed by atoms with Gasteiger partial charge in [-0.15, -0.1) is 0 Å². The Labute approximate surface area is 159 Å². The van der Waals surface area contributed by atoms with E-state index in [-0.39, 0.29) is 6.29 Å². The highest BCUT2D eigenvalue weighted by molar-refractivity contribution is 5.64. The van der Waals surface area contributed by atoms with Crippen molar-refractivity contribution >= 4 is 0 Å². The zero-order valence-corrected chi connectivity index (χ0v) is 15.2. The lowest BCUT2D eigenvalue weighted by Gasteiger charge is -2.37. The third-order valence-corrected chi connectivity index (χ3v) is 4.48. The molecule has 1 saturated heterocycles. The summed E-state index contributed by atoms with van der Waals surface area (Å²) in [4.78, 5) is 8.20. The topological polar surface area (TPSA) is 53.5 Å². The predicted molar refractivity (Wildman–Crippen MR) is 102 cm³/mol. The third-order valence-electron chi connectivity index (χ3n) is 4.48. The van der Waals surface area contributed by atoms with Gasteiger partial charge in [-0.05, 0) is 24.1 Å². The summed E-state index contributed by atoms with van der Waals surface area (Å²) in [5, 5.41) is 0. The first-order valence-electron chi connectivity index (χ1n) is 9.23. The van der Waals surface area contributed by atoms with Gasteiger partial charge in [0.25, 0.3) is 0 Å². The van der Waals surface area contributed by atoms with E-state index < -0.39 is 6.29 Å². The molecule has 0 amide bonds. The largest absolute Gasteiger partial charge is 0.493 e. The Balaban J connectivity index is 1.57. The molecule has 1 fully saturated rings. The Hall–Kier alpha value is -2.76. The average molecular weight is 362 g/mol. The number of hydrogen-bond acceptors (Lipinski definition) is 5. The third kappa shape index (κ3) is 3.99. The molecule has 138 valence electrons. The Bertz CT molecular complexity index is 865. The monoisotopic (exact) mass is 362 g/mol. The summed E-state index contributed by atoms with van der Waals surface area (Å²) in [6.07, 6.45) is 6.40. The van der Waals surface area contributed by atoms with E-state index in [0.29, 0.717) is 6.61 Å². The molecule has 1 aliphatic heterocycles. The number of unbranched alkanes of at least 4 members (excludes halogenated alkanes) is 1. The van der Waals surface area contributed by atoms with E-state index in [0.717, 1.165) is 40.8 Å². The molecule has 0 atom stereocenters. The van der Waals surface area contributed by atoms with Crippen molar-refractivity contribution in [3.8, 4) is 16.9 Å². The van der Waals surface area contributed by atoms with Crippen LogP contribution in [-0.2, 0) is 9.47 Å². The molecule has 3 aromatic rings. The van der Waals surface area contributed by atoms with Crippen molar-refractivity contribution in [2.75, 3.05) is 6.61 Å². The van der Waals surface area contributed by atoms with Gasteiger partial charge in [-0.25, -0.2) is 9.97 Å². The second-order valence-corrected chi connectivity index (χ2v) is 6.43. The summed E-state index contributed by atoms with van der Waals surface area (Å²) < 4.78 is 18.0. The van der Waals surface area contributed by atoms with Crippen LogP contribution in [0.4, 0.5) is 0 Å². The molecule has 0 aliphatic carbocycles. The van der Waals surface area contributed by atoms with Crippen molar-refractivity contribution in [1.82, 2.24) is 9.97 Å². The number of benzene rings is 2. The maximum Gasteiger partial charge on any atom is 0.194 e. The van der Waals surface area contributed by atoms with Gasteiger partial charge in [0.2, 0.25) is 0 Å². The zero-order chi connectivity index (χ0) is 18.5. The van der Waals surface area contributed by atoms with Crippen LogP contribution in [0.15, 0.2) is 67.3 Å². The smallest absolute Gasteiger partial charge is 0.194 e. The number of ether oxygens (including phenoxy) is 3. The van der Waals surface area contributed by atoms with Gasteiger partial charge >= 0.3 is 0 Å². The number of hydrogen-bond donors (Lipinski definition) is 0. The van der Waals surface area contributed by atoms with Crippen LogP contribution < -0.4 is 4.74 Å². The molecule has 0 saturated carbocycles. The van der Waals surface area contributed by atoms with E-state index in [1.54, 1.807) is 12.4 Å². The first-order valence-corrected chi connectivity index (χ1v) is 9.23. The molecule has 0 unspecified atom stereocenters. The number of nitrogens with zero attached hydrogens (tertiary/aromatic N) is 2. The van der Waals surface area contributed by atoms with Crippen molar-refractivity contribution in [1.29, 1.82) is 0 Å². The van der Waals surface area contributed by atoms with Gasteiger partial charge in [0, 0.05) is 23.5 Å². The SMILES string of the molecule is CCCCOc1ccc(-c2cncnc2)cc1C1OC(c2ccccc2)O1. The molecule has 0 N–H and O–H groups in total. The molecule has 2 heterocycles. The maximum absolute atomic E-state index is 6.02. The summed E-state index contributed by atoms with van der Waals surface area (Å²) in [7, 11) is 0. The van der Waals surface area contributed by atoms with Crippen molar-refractivity contribution < 1.29 is 14.2 Å². The van der Waals surface area contributed by atoms with Crippen molar-refractivity contribution in [3.05, 3.63) is 78.4 Å². The molecule has 0 spiro atoms. The van der Waals surface area contributed by atoms with E-state index in [4.69, 9.17) is 14.2 Å². The van der Waals surface area contributed by atoms with Crippen molar-refractivity contribution in [2.24, 2.45) is 0 Å². The fraction of sp³-hybridized carbons (Fsp3) is 0.273. The molecule has 5 nitrogen and oxygen atoms in total. The van der Waals surface area contributed by atoms with Crippen LogP contribution in [0.5, 0.6) is 5.75 Å². The lowest BCUT2D eigenvalue weighted by molar-refractivity contribution is -0.397. The fourth-order valence-electron chi connectivity index (χ4n) is 2.97. The second-order valence-electron chi connectivity index (χ2n) is 6.43. The normalized spacial score (nSPS) is 18.7. The standard InChI is InChI=1S/C22H22N2O3/c1-2-3-11-25-20-10-9-17(18-13-23-15-24-14-18)12-19(20)22-26-21(27-22)16-7-5-4-6-8-16/h4-10,12-15,21-22H,2-3,11H2,1H3. The summed E-state index contributed by atoms with van der Waals surface area (Å²) >= 11 is 0. The summed E-state index contributed by atoms with van der Waals surface area (Å²) in [5.74, 6) is 0.792. The minimum Gasteiger partial charge on any atom is -0.493 e. The molecule has 4 rings (SSSR count). The van der Waals surface area contributed by atoms with E-state index in [1.165, 1.54) is 6.33 Å². The predicted octanol–water partition coefficient (Wildman–Crippen LogP) is 5.07.